The molecule has 0 bridgehead atoms. The van der Waals surface area contributed by atoms with Crippen LogP contribution < -0.4 is 16.4 Å². The van der Waals surface area contributed by atoms with Crippen molar-refractivity contribution < 1.29 is 24.3 Å². The number of ketones is 1. The summed E-state index contributed by atoms with van der Waals surface area (Å²) in [4.78, 5) is 51.6. The Hall–Kier alpha value is -4.47. The number of hydrogen-bond acceptors (Lipinski definition) is 6. The molecule has 0 spiro atoms. The molecule has 1 aromatic heterocycles. The van der Waals surface area contributed by atoms with Gasteiger partial charge in [-0.1, -0.05) is 68.4 Å². The summed E-state index contributed by atoms with van der Waals surface area (Å²) < 4.78 is 1.79. The molecule has 2 aromatic carbocycles. The maximum absolute atomic E-state index is 14.1. The van der Waals surface area contributed by atoms with Gasteiger partial charge in [-0.25, -0.2) is 4.68 Å². The standard InChI is InChI=1S/C32H39N5O5/c1-5-20-12-14-23(15-13-20)32(6-2,26(38)16-22(28(33)41)17-27(39)40)36-30(42)24-19-34-37-29(24)35-25(18-31(37,3)4)21-10-8-7-9-11-21/h7-15,19,22,25,35H,5-6,16-18H2,1-4H3,(H2,33,41)(H,36,42)(H,39,40)/t22-,25+,32?/m0/s1. The summed E-state index contributed by atoms with van der Waals surface area (Å²) in [7, 11) is 0. The van der Waals surface area contributed by atoms with Gasteiger partial charge in [-0.05, 0) is 49.8 Å². The number of nitrogens with two attached hydrogens (primary N) is 1. The quantitative estimate of drug-likeness (QED) is 0.252. The Labute approximate surface area is 245 Å². The molecule has 0 fully saturated rings. The Bertz CT molecular complexity index is 1460. The van der Waals surface area contributed by atoms with Gasteiger partial charge in [0.1, 0.15) is 16.9 Å². The number of amides is 2. The van der Waals surface area contributed by atoms with E-state index in [-0.39, 0.29) is 18.0 Å². The van der Waals surface area contributed by atoms with Crippen molar-refractivity contribution in [3.63, 3.8) is 0 Å². The number of carbonyl (C=O) groups is 4. The largest absolute Gasteiger partial charge is 0.481 e. The van der Waals surface area contributed by atoms with Crippen LogP contribution in [0.15, 0.2) is 60.8 Å². The van der Waals surface area contributed by atoms with Gasteiger partial charge in [-0.2, -0.15) is 5.10 Å². The van der Waals surface area contributed by atoms with Gasteiger partial charge in [0.25, 0.3) is 5.91 Å². The van der Waals surface area contributed by atoms with E-state index in [2.05, 4.69) is 29.6 Å². The first kappa shape index (κ1) is 30.5. The van der Waals surface area contributed by atoms with Crippen molar-refractivity contribution in [1.82, 2.24) is 15.1 Å². The predicted octanol–water partition coefficient (Wildman–Crippen LogP) is 4.31. The first-order chi connectivity index (χ1) is 19.9. The van der Waals surface area contributed by atoms with Crippen LogP contribution in [0, 0.1) is 5.92 Å². The fraction of sp³-hybridized carbons (Fsp3) is 0.406. The maximum Gasteiger partial charge on any atom is 0.304 e. The van der Waals surface area contributed by atoms with Crippen molar-refractivity contribution in [3.8, 4) is 0 Å². The third kappa shape index (κ3) is 6.07. The second kappa shape index (κ2) is 12.2. The van der Waals surface area contributed by atoms with Crippen LogP contribution >= 0.6 is 0 Å². The number of carboxylic acids is 1. The minimum absolute atomic E-state index is 0.0663. The highest BCUT2D eigenvalue weighted by Gasteiger charge is 2.43. The highest BCUT2D eigenvalue weighted by molar-refractivity contribution is 6.04. The summed E-state index contributed by atoms with van der Waals surface area (Å²) in [6, 6.07) is 17.2. The van der Waals surface area contributed by atoms with Crippen molar-refractivity contribution in [2.45, 2.75) is 76.9 Å². The van der Waals surface area contributed by atoms with Crippen LogP contribution in [-0.4, -0.2) is 38.5 Å². The van der Waals surface area contributed by atoms with Gasteiger partial charge in [0.2, 0.25) is 5.91 Å². The molecule has 3 aromatic rings. The smallest absolute Gasteiger partial charge is 0.304 e. The molecule has 1 aliphatic rings. The molecule has 2 amide bonds. The number of Topliss-reactive ketones (excluding diaryl/α,β-unsaturated/α-hetero) is 1. The van der Waals surface area contributed by atoms with Crippen molar-refractivity contribution in [1.29, 1.82) is 0 Å². The number of carbonyl (C=O) groups excluding carboxylic acids is 3. The van der Waals surface area contributed by atoms with Crippen LogP contribution in [0.25, 0.3) is 0 Å². The van der Waals surface area contributed by atoms with E-state index < -0.39 is 53.4 Å². The molecular weight excluding hydrogens is 534 g/mol. The monoisotopic (exact) mass is 573 g/mol. The normalized spacial score (nSPS) is 17.7. The molecule has 10 heteroatoms. The number of primary amides is 1. The molecule has 222 valence electrons. The van der Waals surface area contributed by atoms with Crippen LogP contribution in [0.3, 0.4) is 0 Å². The number of fused-ring (bicyclic) bond motifs is 1. The van der Waals surface area contributed by atoms with Crippen LogP contribution in [-0.2, 0) is 31.9 Å². The van der Waals surface area contributed by atoms with Crippen LogP contribution in [0.5, 0.6) is 0 Å². The van der Waals surface area contributed by atoms with Gasteiger partial charge in [-0.3, -0.25) is 19.2 Å². The van der Waals surface area contributed by atoms with Gasteiger partial charge in [0.05, 0.1) is 30.1 Å². The highest BCUT2D eigenvalue weighted by Crippen LogP contribution is 2.40. The second-order valence-electron chi connectivity index (χ2n) is 11.5. The van der Waals surface area contributed by atoms with Crippen LogP contribution in [0.1, 0.15) is 86.5 Å². The van der Waals surface area contributed by atoms with E-state index in [1.54, 1.807) is 23.7 Å². The lowest BCUT2D eigenvalue weighted by molar-refractivity contribution is -0.141. The Balaban J connectivity index is 1.74. The highest BCUT2D eigenvalue weighted by atomic mass is 16.4. The minimum atomic E-state index is -1.53. The fourth-order valence-electron chi connectivity index (χ4n) is 5.76. The van der Waals surface area contributed by atoms with Crippen molar-refractivity contribution in [2.24, 2.45) is 11.7 Å². The van der Waals surface area contributed by atoms with Crippen LogP contribution in [0.2, 0.25) is 0 Å². The zero-order valence-corrected chi connectivity index (χ0v) is 24.5. The van der Waals surface area contributed by atoms with E-state index in [0.29, 0.717) is 11.4 Å². The van der Waals surface area contributed by atoms with Gasteiger partial charge in [-0.15, -0.1) is 0 Å². The molecule has 1 aliphatic heterocycles. The average molecular weight is 574 g/mol. The van der Waals surface area contributed by atoms with E-state index in [9.17, 15) is 24.3 Å². The molecule has 0 saturated heterocycles. The number of aryl methyl sites for hydroxylation is 1. The van der Waals surface area contributed by atoms with E-state index in [4.69, 9.17) is 5.73 Å². The third-order valence-electron chi connectivity index (χ3n) is 8.25. The number of aliphatic carboxylic acids is 1. The molecule has 10 nitrogen and oxygen atoms in total. The lowest BCUT2D eigenvalue weighted by atomic mass is 9.78. The molecule has 42 heavy (non-hydrogen) atoms. The maximum atomic E-state index is 14.1. The van der Waals surface area contributed by atoms with E-state index >= 15 is 0 Å². The number of hydrogen-bond donors (Lipinski definition) is 4. The van der Waals surface area contributed by atoms with Gasteiger partial charge in [0, 0.05) is 6.42 Å². The number of anilines is 1. The Morgan fingerprint density at radius 1 is 1.10 bits per heavy atom. The first-order valence-electron chi connectivity index (χ1n) is 14.3. The molecule has 2 heterocycles. The Morgan fingerprint density at radius 3 is 2.33 bits per heavy atom. The zero-order chi connectivity index (χ0) is 30.7. The summed E-state index contributed by atoms with van der Waals surface area (Å²) in [6.45, 7) is 7.90. The minimum Gasteiger partial charge on any atom is -0.481 e. The van der Waals surface area contributed by atoms with E-state index in [1.165, 1.54) is 6.20 Å². The van der Waals surface area contributed by atoms with Crippen molar-refractivity contribution in [2.75, 3.05) is 5.32 Å². The van der Waals surface area contributed by atoms with Gasteiger partial charge >= 0.3 is 5.97 Å². The second-order valence-corrected chi connectivity index (χ2v) is 11.5. The molecule has 0 aliphatic carbocycles. The predicted molar refractivity (Wildman–Crippen MR) is 159 cm³/mol. The fourth-order valence-corrected chi connectivity index (χ4v) is 5.76. The summed E-state index contributed by atoms with van der Waals surface area (Å²) in [6.07, 6.45) is 2.17. The molecule has 0 radical (unpaired) electrons. The number of nitrogens with zero attached hydrogens (tertiary/aromatic N) is 2. The molecule has 0 saturated carbocycles. The summed E-state index contributed by atoms with van der Waals surface area (Å²) in [5, 5.41) is 20.3. The van der Waals surface area contributed by atoms with E-state index in [1.807, 2.05) is 49.4 Å². The number of nitrogens with one attached hydrogen (secondary N) is 2. The van der Waals surface area contributed by atoms with Crippen LogP contribution in [0.4, 0.5) is 5.82 Å². The van der Waals surface area contributed by atoms with E-state index in [0.717, 1.165) is 24.0 Å². The Kier molecular flexibility index (Phi) is 8.84. The third-order valence-corrected chi connectivity index (χ3v) is 8.25. The topological polar surface area (TPSA) is 156 Å². The molecule has 4 rings (SSSR count). The van der Waals surface area contributed by atoms with Crippen molar-refractivity contribution in [3.05, 3.63) is 83.0 Å². The first-order valence-corrected chi connectivity index (χ1v) is 14.3. The average Bonchev–Trinajstić information content (AvgIpc) is 3.41. The summed E-state index contributed by atoms with van der Waals surface area (Å²) in [5.41, 5.74) is 6.48. The summed E-state index contributed by atoms with van der Waals surface area (Å²) in [5.74, 6) is -3.81. The molecular formula is C32H39N5O5. The number of benzene rings is 2. The Morgan fingerprint density at radius 2 is 1.76 bits per heavy atom. The molecule has 3 atom stereocenters. The lowest BCUT2D eigenvalue weighted by Gasteiger charge is -2.38. The molecule has 1 unspecified atom stereocenters. The van der Waals surface area contributed by atoms with Gasteiger partial charge in [0.15, 0.2) is 5.78 Å². The number of aromatic nitrogens is 2. The zero-order valence-electron chi connectivity index (χ0n) is 24.5. The SMILES string of the molecule is CCc1ccc(C(CC)(NC(=O)c2cnn3c2N[C@@H](c2ccccc2)CC3(C)C)C(=O)C[C@@H](CC(=O)O)C(N)=O)cc1. The lowest BCUT2D eigenvalue weighted by Crippen LogP contribution is -2.52. The van der Waals surface area contributed by atoms with Crippen molar-refractivity contribution >= 4 is 29.4 Å². The van der Waals surface area contributed by atoms with Gasteiger partial charge < -0.3 is 21.5 Å². The number of rotatable bonds is 12. The molecule has 5 N–H and O–H groups in total. The number of carboxylic acid groups (broad SMARTS) is 1. The summed E-state index contributed by atoms with van der Waals surface area (Å²) >= 11 is 0.